The maximum absolute atomic E-state index is 13.0. The van der Waals surface area contributed by atoms with E-state index in [1.165, 1.54) is 15.6 Å². The fraction of sp³-hybridized carbons (Fsp3) is 0.706. The lowest BCUT2D eigenvalue weighted by Crippen LogP contribution is -2.50. The second-order valence-electron chi connectivity index (χ2n) is 7.45. The van der Waals surface area contributed by atoms with Crippen molar-refractivity contribution in [2.75, 3.05) is 26.2 Å². The smallest absolute Gasteiger partial charge is 0.252 e. The molecular formula is C17H25BrN2O3S2. The third-order valence-electron chi connectivity index (χ3n) is 5.06. The molecule has 1 aromatic rings. The minimum atomic E-state index is -3.51. The molecule has 3 heterocycles. The number of nitrogens with zero attached hydrogens (tertiary/aromatic N) is 2. The Morgan fingerprint density at radius 1 is 1.20 bits per heavy atom. The van der Waals surface area contributed by atoms with Gasteiger partial charge in [-0.3, -0.25) is 4.79 Å². The average molecular weight is 449 g/mol. The van der Waals surface area contributed by atoms with Gasteiger partial charge in [-0.25, -0.2) is 8.42 Å². The van der Waals surface area contributed by atoms with Crippen LogP contribution in [-0.2, 0) is 14.8 Å². The van der Waals surface area contributed by atoms with Crippen LogP contribution in [0.4, 0.5) is 0 Å². The molecule has 8 heteroatoms. The van der Waals surface area contributed by atoms with Crippen molar-refractivity contribution in [3.05, 3.63) is 15.9 Å². The molecule has 5 nitrogen and oxygen atoms in total. The molecule has 0 N–H and O–H groups in total. The van der Waals surface area contributed by atoms with Gasteiger partial charge in [0.1, 0.15) is 4.21 Å². The Labute approximate surface area is 162 Å². The normalized spacial score (nSPS) is 28.9. The van der Waals surface area contributed by atoms with Gasteiger partial charge < -0.3 is 4.90 Å². The number of hydrogen-bond acceptors (Lipinski definition) is 4. The van der Waals surface area contributed by atoms with Crippen molar-refractivity contribution in [2.45, 2.75) is 37.3 Å². The van der Waals surface area contributed by atoms with E-state index in [4.69, 9.17) is 0 Å². The Bertz CT molecular complexity index is 724. The zero-order chi connectivity index (χ0) is 18.2. The van der Waals surface area contributed by atoms with Crippen LogP contribution in [-0.4, -0.2) is 49.7 Å². The Hall–Kier alpha value is -0.440. The molecule has 0 radical (unpaired) electrons. The molecule has 2 aliphatic rings. The second kappa shape index (κ2) is 7.66. The zero-order valence-electron chi connectivity index (χ0n) is 14.7. The van der Waals surface area contributed by atoms with Gasteiger partial charge in [-0.1, -0.05) is 13.8 Å². The van der Waals surface area contributed by atoms with Crippen LogP contribution in [0.5, 0.6) is 0 Å². The highest BCUT2D eigenvalue weighted by Crippen LogP contribution is 2.32. The zero-order valence-corrected chi connectivity index (χ0v) is 17.9. The van der Waals surface area contributed by atoms with E-state index in [-0.39, 0.29) is 11.8 Å². The monoisotopic (exact) mass is 448 g/mol. The lowest BCUT2D eigenvalue weighted by molar-refractivity contribution is -0.139. The summed E-state index contributed by atoms with van der Waals surface area (Å²) in [6.07, 6.45) is 2.67. The largest absolute Gasteiger partial charge is 0.342 e. The van der Waals surface area contributed by atoms with Crippen LogP contribution in [0.3, 0.4) is 0 Å². The Kier molecular flexibility index (Phi) is 5.92. The molecule has 1 aromatic heterocycles. The topological polar surface area (TPSA) is 57.7 Å². The van der Waals surface area contributed by atoms with E-state index in [2.05, 4.69) is 29.8 Å². The van der Waals surface area contributed by atoms with Crippen LogP contribution >= 0.6 is 27.3 Å². The van der Waals surface area contributed by atoms with Crippen molar-refractivity contribution >= 4 is 43.2 Å². The molecule has 0 bridgehead atoms. The molecule has 0 aliphatic carbocycles. The van der Waals surface area contributed by atoms with Crippen LogP contribution in [0.25, 0.3) is 0 Å². The van der Waals surface area contributed by atoms with Gasteiger partial charge >= 0.3 is 0 Å². The summed E-state index contributed by atoms with van der Waals surface area (Å²) in [5.74, 6) is 0.939. The van der Waals surface area contributed by atoms with Gasteiger partial charge in [0, 0.05) is 26.2 Å². The number of thiophene rings is 1. The minimum Gasteiger partial charge on any atom is -0.342 e. The minimum absolute atomic E-state index is 0.130. The first-order chi connectivity index (χ1) is 11.8. The summed E-state index contributed by atoms with van der Waals surface area (Å²) < 4.78 is 28.3. The van der Waals surface area contributed by atoms with E-state index < -0.39 is 10.0 Å². The van der Waals surface area contributed by atoms with Crippen molar-refractivity contribution in [1.82, 2.24) is 9.21 Å². The van der Waals surface area contributed by atoms with E-state index in [0.29, 0.717) is 29.1 Å². The van der Waals surface area contributed by atoms with Crippen LogP contribution in [0, 0.1) is 17.8 Å². The van der Waals surface area contributed by atoms with E-state index in [0.717, 1.165) is 36.1 Å². The summed E-state index contributed by atoms with van der Waals surface area (Å²) >= 11 is 4.54. The van der Waals surface area contributed by atoms with Crippen molar-refractivity contribution in [3.8, 4) is 0 Å². The van der Waals surface area contributed by atoms with Gasteiger partial charge in [0.2, 0.25) is 5.91 Å². The number of halogens is 1. The Morgan fingerprint density at radius 3 is 2.48 bits per heavy atom. The molecule has 3 atom stereocenters. The van der Waals surface area contributed by atoms with E-state index >= 15 is 0 Å². The number of rotatable bonds is 3. The first kappa shape index (κ1) is 19.3. The van der Waals surface area contributed by atoms with E-state index in [9.17, 15) is 13.2 Å². The van der Waals surface area contributed by atoms with Gasteiger partial charge in [-0.2, -0.15) is 4.31 Å². The molecule has 0 unspecified atom stereocenters. The first-order valence-corrected chi connectivity index (χ1v) is 11.9. The Balaban J connectivity index is 1.71. The molecular weight excluding hydrogens is 424 g/mol. The number of carbonyl (C=O) groups is 1. The van der Waals surface area contributed by atoms with Gasteiger partial charge in [-0.05, 0) is 59.2 Å². The van der Waals surface area contributed by atoms with Crippen LogP contribution in [0.1, 0.15) is 33.1 Å². The van der Waals surface area contributed by atoms with Crippen molar-refractivity contribution in [3.63, 3.8) is 0 Å². The van der Waals surface area contributed by atoms with E-state index in [1.807, 2.05) is 4.90 Å². The molecule has 0 aromatic carbocycles. The molecule has 3 rings (SSSR count). The molecule has 25 heavy (non-hydrogen) atoms. The highest BCUT2D eigenvalue weighted by Gasteiger charge is 2.37. The Morgan fingerprint density at radius 2 is 1.88 bits per heavy atom. The molecule has 2 aliphatic heterocycles. The summed E-state index contributed by atoms with van der Waals surface area (Å²) in [5, 5.41) is 0. The van der Waals surface area contributed by atoms with Gasteiger partial charge in [0.15, 0.2) is 0 Å². The van der Waals surface area contributed by atoms with Crippen LogP contribution in [0.2, 0.25) is 0 Å². The molecule has 0 saturated carbocycles. The summed E-state index contributed by atoms with van der Waals surface area (Å²) in [4.78, 5) is 14.9. The van der Waals surface area contributed by atoms with Crippen molar-refractivity contribution < 1.29 is 13.2 Å². The third kappa shape index (κ3) is 4.28. The third-order valence-corrected chi connectivity index (χ3v) is 9.01. The highest BCUT2D eigenvalue weighted by molar-refractivity contribution is 9.11. The summed E-state index contributed by atoms with van der Waals surface area (Å²) in [5.41, 5.74) is 0. The number of carbonyl (C=O) groups excluding carboxylic acids is 1. The van der Waals surface area contributed by atoms with Crippen molar-refractivity contribution in [1.29, 1.82) is 0 Å². The number of likely N-dealkylation sites (tertiary alicyclic amines) is 1. The fourth-order valence-corrected chi connectivity index (χ4v) is 7.72. The standard InChI is InChI=1S/C17H25BrN2O3S2/c1-12-8-13(2)10-19(9-12)17(21)14-4-3-7-20(11-14)25(22,23)16-6-5-15(18)24-16/h5-6,12-14H,3-4,7-11H2,1-2H3/t12-,13-,14-/m1/s1. The molecule has 2 fully saturated rings. The lowest BCUT2D eigenvalue weighted by Gasteiger charge is -2.39. The first-order valence-electron chi connectivity index (χ1n) is 8.81. The average Bonchev–Trinajstić information content (AvgIpc) is 3.00. The predicted molar refractivity (Wildman–Crippen MR) is 103 cm³/mol. The van der Waals surface area contributed by atoms with Crippen LogP contribution < -0.4 is 0 Å². The van der Waals surface area contributed by atoms with Gasteiger partial charge in [-0.15, -0.1) is 11.3 Å². The number of amides is 1. The molecule has 0 spiro atoms. The lowest BCUT2D eigenvalue weighted by atomic mass is 9.90. The van der Waals surface area contributed by atoms with Gasteiger partial charge in [0.05, 0.1) is 9.70 Å². The molecule has 1 amide bonds. The maximum Gasteiger partial charge on any atom is 0.252 e. The number of sulfonamides is 1. The quantitative estimate of drug-likeness (QED) is 0.711. The SMILES string of the molecule is C[C@@H]1C[C@@H](C)CN(C(=O)[C@@H]2CCCN(S(=O)(=O)c3ccc(Br)s3)C2)C1. The maximum atomic E-state index is 13.0. The molecule has 2 saturated heterocycles. The fourth-order valence-electron chi connectivity index (χ4n) is 4.03. The number of piperidine rings is 2. The molecule has 140 valence electrons. The summed E-state index contributed by atoms with van der Waals surface area (Å²) in [6.45, 7) is 6.75. The van der Waals surface area contributed by atoms with Crippen molar-refractivity contribution in [2.24, 2.45) is 17.8 Å². The predicted octanol–water partition coefficient (Wildman–Crippen LogP) is 3.42. The van der Waals surface area contributed by atoms with E-state index in [1.54, 1.807) is 12.1 Å². The van der Waals surface area contributed by atoms with Crippen LogP contribution in [0.15, 0.2) is 20.1 Å². The van der Waals surface area contributed by atoms with Gasteiger partial charge in [0.25, 0.3) is 10.0 Å². The summed E-state index contributed by atoms with van der Waals surface area (Å²) in [7, 11) is -3.51. The summed E-state index contributed by atoms with van der Waals surface area (Å²) in [6, 6.07) is 3.38. The number of hydrogen-bond donors (Lipinski definition) is 0. The highest BCUT2D eigenvalue weighted by atomic mass is 79.9. The second-order valence-corrected chi connectivity index (χ2v) is 12.1.